The van der Waals surface area contributed by atoms with E-state index < -0.39 is 17.7 Å². The van der Waals surface area contributed by atoms with Gasteiger partial charge in [0.25, 0.3) is 5.91 Å². The number of nitrogens with one attached hydrogen (secondary N) is 2. The topological polar surface area (TPSA) is 104 Å². The van der Waals surface area contributed by atoms with Crippen LogP contribution in [0.5, 0.6) is 5.75 Å². The Bertz CT molecular complexity index is 668. The van der Waals surface area contributed by atoms with Crippen molar-refractivity contribution in [1.29, 1.82) is 0 Å². The third kappa shape index (κ3) is 2.74. The lowest BCUT2D eigenvalue weighted by Crippen LogP contribution is -2.12. The van der Waals surface area contributed by atoms with Gasteiger partial charge in [0.05, 0.1) is 7.11 Å². The molecule has 1 amide bonds. The highest BCUT2D eigenvalue weighted by Gasteiger charge is 2.13. The molecular weight excluding hydrogens is 269 g/mol. The Balaban J connectivity index is 2.17. The van der Waals surface area contributed by atoms with Crippen LogP contribution in [0.1, 0.15) is 20.8 Å². The molecule has 104 valence electrons. The van der Waals surface area contributed by atoms with Gasteiger partial charge in [-0.2, -0.15) is 5.10 Å². The minimum absolute atomic E-state index is 0.0516. The van der Waals surface area contributed by atoms with E-state index in [0.29, 0.717) is 0 Å². The number of benzene rings is 1. The van der Waals surface area contributed by atoms with Crippen molar-refractivity contribution in [3.8, 4) is 5.75 Å². The van der Waals surface area contributed by atoms with Crippen LogP contribution in [-0.4, -0.2) is 34.3 Å². The fourth-order valence-corrected chi connectivity index (χ4v) is 1.48. The van der Waals surface area contributed by atoms with E-state index in [1.54, 1.807) is 0 Å². The minimum Gasteiger partial charge on any atom is -0.494 e. The highest BCUT2D eigenvalue weighted by Crippen LogP contribution is 2.19. The van der Waals surface area contributed by atoms with Gasteiger partial charge < -0.3 is 15.2 Å². The molecule has 0 spiro atoms. The molecule has 0 unspecified atom stereocenters. The monoisotopic (exact) mass is 279 g/mol. The number of carbonyl (C=O) groups is 2. The lowest BCUT2D eigenvalue weighted by molar-refractivity contribution is 0.0690. The quantitative estimate of drug-likeness (QED) is 0.786. The van der Waals surface area contributed by atoms with Gasteiger partial charge >= 0.3 is 5.97 Å². The number of anilines is 1. The first-order valence-corrected chi connectivity index (χ1v) is 5.45. The second-order valence-electron chi connectivity index (χ2n) is 3.78. The van der Waals surface area contributed by atoms with Crippen molar-refractivity contribution in [3.05, 3.63) is 41.3 Å². The summed E-state index contributed by atoms with van der Waals surface area (Å²) >= 11 is 0. The smallest absolute Gasteiger partial charge is 0.353 e. The number of ether oxygens (including phenoxy) is 1. The van der Waals surface area contributed by atoms with Gasteiger partial charge in [0, 0.05) is 11.6 Å². The normalized spacial score (nSPS) is 10.1. The summed E-state index contributed by atoms with van der Waals surface area (Å²) in [4.78, 5) is 22.5. The Morgan fingerprint density at radius 1 is 1.40 bits per heavy atom. The van der Waals surface area contributed by atoms with E-state index >= 15 is 0 Å². The predicted molar refractivity (Wildman–Crippen MR) is 66.5 cm³/mol. The number of aromatic nitrogens is 2. The van der Waals surface area contributed by atoms with Crippen molar-refractivity contribution in [2.24, 2.45) is 0 Å². The third-order valence-electron chi connectivity index (χ3n) is 2.46. The fourth-order valence-electron chi connectivity index (χ4n) is 1.48. The molecule has 0 saturated heterocycles. The van der Waals surface area contributed by atoms with Crippen LogP contribution in [0.2, 0.25) is 0 Å². The number of rotatable bonds is 4. The summed E-state index contributed by atoms with van der Waals surface area (Å²) in [6.07, 6.45) is 0. The first-order chi connectivity index (χ1) is 9.51. The molecule has 1 aromatic carbocycles. The maximum Gasteiger partial charge on any atom is 0.353 e. The second-order valence-corrected chi connectivity index (χ2v) is 3.78. The van der Waals surface area contributed by atoms with Gasteiger partial charge in [0.15, 0.2) is 17.4 Å². The van der Waals surface area contributed by atoms with Crippen molar-refractivity contribution < 1.29 is 23.8 Å². The zero-order valence-electron chi connectivity index (χ0n) is 10.3. The molecule has 0 saturated carbocycles. The molecule has 0 bridgehead atoms. The number of aromatic carboxylic acids is 1. The molecular formula is C12H10FN3O4. The zero-order valence-corrected chi connectivity index (χ0v) is 10.3. The SMILES string of the molecule is COc1cc(C(=O)Nc2cc(C(=O)O)[nH]n2)ccc1F. The molecule has 3 N–H and O–H groups in total. The summed E-state index contributed by atoms with van der Waals surface area (Å²) in [5.41, 5.74) is 0.000103. The van der Waals surface area contributed by atoms with Crippen LogP contribution in [0, 0.1) is 5.82 Å². The van der Waals surface area contributed by atoms with Gasteiger partial charge in [-0.1, -0.05) is 0 Å². The summed E-state index contributed by atoms with van der Waals surface area (Å²) < 4.78 is 18.0. The number of halogens is 1. The molecule has 20 heavy (non-hydrogen) atoms. The van der Waals surface area contributed by atoms with Crippen LogP contribution < -0.4 is 10.1 Å². The third-order valence-corrected chi connectivity index (χ3v) is 2.46. The molecule has 2 aromatic rings. The van der Waals surface area contributed by atoms with E-state index in [9.17, 15) is 14.0 Å². The van der Waals surface area contributed by atoms with Gasteiger partial charge in [0.1, 0.15) is 5.69 Å². The fraction of sp³-hybridized carbons (Fsp3) is 0.0833. The second kappa shape index (κ2) is 5.39. The summed E-state index contributed by atoms with van der Waals surface area (Å²) in [6, 6.07) is 4.77. The van der Waals surface area contributed by atoms with Crippen molar-refractivity contribution in [1.82, 2.24) is 10.2 Å². The Morgan fingerprint density at radius 3 is 2.75 bits per heavy atom. The number of methoxy groups -OCH3 is 1. The first-order valence-electron chi connectivity index (χ1n) is 5.45. The number of hydrogen-bond donors (Lipinski definition) is 3. The van der Waals surface area contributed by atoms with Gasteiger partial charge in [-0.05, 0) is 18.2 Å². The highest BCUT2D eigenvalue weighted by atomic mass is 19.1. The van der Waals surface area contributed by atoms with Crippen LogP contribution in [0.15, 0.2) is 24.3 Å². The molecule has 0 fully saturated rings. The van der Waals surface area contributed by atoms with Gasteiger partial charge in [0.2, 0.25) is 0 Å². The van der Waals surface area contributed by atoms with Crippen molar-refractivity contribution in [2.45, 2.75) is 0 Å². The predicted octanol–water partition coefficient (Wildman–Crippen LogP) is 1.51. The van der Waals surface area contributed by atoms with Crippen molar-refractivity contribution in [2.75, 3.05) is 12.4 Å². The Hall–Kier alpha value is -2.90. The highest BCUT2D eigenvalue weighted by molar-refractivity contribution is 6.04. The lowest BCUT2D eigenvalue weighted by atomic mass is 10.2. The average molecular weight is 279 g/mol. The summed E-state index contributed by atoms with van der Waals surface area (Å²) in [5, 5.41) is 17.0. The zero-order chi connectivity index (χ0) is 14.7. The molecule has 8 heteroatoms. The molecule has 1 aromatic heterocycles. The van der Waals surface area contributed by atoms with Gasteiger partial charge in [-0.3, -0.25) is 9.89 Å². The molecule has 0 radical (unpaired) electrons. The van der Waals surface area contributed by atoms with E-state index in [-0.39, 0.29) is 22.8 Å². The van der Waals surface area contributed by atoms with Crippen molar-refractivity contribution in [3.63, 3.8) is 0 Å². The van der Waals surface area contributed by atoms with Crippen LogP contribution >= 0.6 is 0 Å². The van der Waals surface area contributed by atoms with E-state index in [4.69, 9.17) is 9.84 Å². The average Bonchev–Trinajstić information content (AvgIpc) is 2.88. The number of H-pyrrole nitrogens is 1. The summed E-state index contributed by atoms with van der Waals surface area (Å²) in [5.74, 6) is -2.35. The van der Waals surface area contributed by atoms with E-state index in [1.165, 1.54) is 25.3 Å². The lowest BCUT2D eigenvalue weighted by Gasteiger charge is -2.05. The number of amides is 1. The molecule has 0 aliphatic heterocycles. The maximum absolute atomic E-state index is 13.2. The minimum atomic E-state index is -1.19. The summed E-state index contributed by atoms with van der Waals surface area (Å²) in [7, 11) is 1.28. The van der Waals surface area contributed by atoms with Gasteiger partial charge in [-0.25, -0.2) is 9.18 Å². The largest absolute Gasteiger partial charge is 0.494 e. The number of carboxylic acid groups (broad SMARTS) is 1. The Labute approximate surface area is 112 Å². The number of nitrogens with zero attached hydrogens (tertiary/aromatic N) is 1. The molecule has 0 aliphatic carbocycles. The first kappa shape index (κ1) is 13.5. The van der Waals surface area contributed by atoms with Crippen LogP contribution in [-0.2, 0) is 0 Å². The number of hydrogen-bond acceptors (Lipinski definition) is 4. The molecule has 7 nitrogen and oxygen atoms in total. The molecule has 0 aliphatic rings. The number of carbonyl (C=O) groups excluding carboxylic acids is 1. The van der Waals surface area contributed by atoms with Crippen LogP contribution in [0.3, 0.4) is 0 Å². The Morgan fingerprint density at radius 2 is 2.15 bits per heavy atom. The maximum atomic E-state index is 13.2. The van der Waals surface area contributed by atoms with E-state index in [2.05, 4.69) is 15.5 Å². The molecule has 1 heterocycles. The Kier molecular flexibility index (Phi) is 3.65. The molecule has 0 atom stereocenters. The number of carboxylic acids is 1. The van der Waals surface area contributed by atoms with E-state index in [1.807, 2.05) is 0 Å². The van der Waals surface area contributed by atoms with Crippen LogP contribution in [0.4, 0.5) is 10.2 Å². The van der Waals surface area contributed by atoms with Gasteiger partial charge in [-0.15, -0.1) is 0 Å². The van der Waals surface area contributed by atoms with Crippen molar-refractivity contribution >= 4 is 17.7 Å². The van der Waals surface area contributed by atoms with Crippen LogP contribution in [0.25, 0.3) is 0 Å². The molecule has 2 rings (SSSR count). The van der Waals surface area contributed by atoms with E-state index in [0.717, 1.165) is 6.07 Å². The standard InChI is InChI=1S/C12H10FN3O4/c1-20-9-4-6(2-3-7(9)13)11(17)14-10-5-8(12(18)19)15-16-10/h2-5H,1H3,(H,18,19)(H2,14,15,16,17). The number of aromatic amines is 1. The summed E-state index contributed by atoms with van der Waals surface area (Å²) in [6.45, 7) is 0.